The number of anilines is 1. The van der Waals surface area contributed by atoms with Crippen LogP contribution in [0.4, 0.5) is 19.0 Å². The Kier molecular flexibility index (Phi) is 5.45. The van der Waals surface area contributed by atoms with Gasteiger partial charge >= 0.3 is 6.18 Å². The lowest BCUT2D eigenvalue weighted by molar-refractivity contribution is -0.145. The fraction of sp³-hybridized carbons (Fsp3) is 0.455. The van der Waals surface area contributed by atoms with E-state index in [9.17, 15) is 13.2 Å². The van der Waals surface area contributed by atoms with E-state index in [2.05, 4.69) is 20.5 Å². The molecule has 34 heavy (non-hydrogen) atoms. The van der Waals surface area contributed by atoms with Crippen LogP contribution in [0.15, 0.2) is 30.9 Å². The molecule has 1 saturated carbocycles. The van der Waals surface area contributed by atoms with Gasteiger partial charge in [-0.15, -0.1) is 0 Å². The van der Waals surface area contributed by atoms with Gasteiger partial charge in [0.25, 0.3) is 0 Å². The van der Waals surface area contributed by atoms with Crippen molar-refractivity contribution in [1.82, 2.24) is 34.3 Å². The normalized spacial score (nSPS) is 19.0. The molecule has 1 aliphatic rings. The topological polar surface area (TPSA) is 87.6 Å². The Morgan fingerprint density at radius 3 is 2.47 bits per heavy atom. The monoisotopic (exact) mass is 474 g/mol. The molecule has 12 heteroatoms. The van der Waals surface area contributed by atoms with Crippen molar-refractivity contribution >= 4 is 16.7 Å². The molecular weight excluding hydrogens is 449 g/mol. The summed E-state index contributed by atoms with van der Waals surface area (Å²) in [4.78, 5) is 4.45. The van der Waals surface area contributed by atoms with E-state index >= 15 is 0 Å². The largest absolute Gasteiger partial charge is 0.486 e. The molecule has 1 aliphatic carbocycles. The van der Waals surface area contributed by atoms with Crippen LogP contribution >= 0.6 is 0 Å². The highest BCUT2D eigenvalue weighted by Gasteiger charge is 2.39. The van der Waals surface area contributed by atoms with Gasteiger partial charge in [-0.05, 0) is 25.7 Å². The van der Waals surface area contributed by atoms with Crippen LogP contribution in [0.1, 0.15) is 37.4 Å². The van der Waals surface area contributed by atoms with Crippen molar-refractivity contribution in [2.75, 3.05) is 12.4 Å². The van der Waals surface area contributed by atoms with E-state index in [4.69, 9.17) is 9.84 Å². The number of nitrogens with zero attached hydrogens (tertiary/aromatic N) is 7. The third-order valence-corrected chi connectivity index (χ3v) is 6.28. The summed E-state index contributed by atoms with van der Waals surface area (Å²) in [7, 11) is 4.93. The van der Waals surface area contributed by atoms with Gasteiger partial charge in [-0.2, -0.15) is 28.5 Å². The predicted molar refractivity (Wildman–Crippen MR) is 119 cm³/mol. The quantitative estimate of drug-likeness (QED) is 0.467. The fourth-order valence-corrected chi connectivity index (χ4v) is 4.62. The van der Waals surface area contributed by atoms with Crippen LogP contribution in [0, 0.1) is 0 Å². The first kappa shape index (κ1) is 22.2. The van der Waals surface area contributed by atoms with Crippen molar-refractivity contribution < 1.29 is 17.9 Å². The van der Waals surface area contributed by atoms with E-state index in [1.54, 1.807) is 10.9 Å². The first-order valence-electron chi connectivity index (χ1n) is 11.1. The first-order chi connectivity index (χ1) is 16.2. The summed E-state index contributed by atoms with van der Waals surface area (Å²) < 4.78 is 50.4. The van der Waals surface area contributed by atoms with Gasteiger partial charge in [-0.25, -0.2) is 4.98 Å². The van der Waals surface area contributed by atoms with Gasteiger partial charge in [-0.3, -0.25) is 14.0 Å². The van der Waals surface area contributed by atoms with Crippen molar-refractivity contribution in [2.24, 2.45) is 14.1 Å². The highest BCUT2D eigenvalue weighted by atomic mass is 19.4. The molecule has 0 aromatic carbocycles. The number of pyridine rings is 1. The molecule has 1 fully saturated rings. The van der Waals surface area contributed by atoms with Crippen LogP contribution in [0.3, 0.4) is 0 Å². The summed E-state index contributed by atoms with van der Waals surface area (Å²) in [6, 6.07) is 2.06. The van der Waals surface area contributed by atoms with Crippen LogP contribution in [0.2, 0.25) is 0 Å². The molecule has 1 N–H and O–H groups in total. The second kappa shape index (κ2) is 8.33. The summed E-state index contributed by atoms with van der Waals surface area (Å²) in [5.41, 5.74) is 1.80. The molecule has 0 spiro atoms. The molecule has 0 bridgehead atoms. The van der Waals surface area contributed by atoms with Gasteiger partial charge in [-0.1, -0.05) is 0 Å². The maximum atomic E-state index is 13.4. The minimum Gasteiger partial charge on any atom is -0.486 e. The Morgan fingerprint density at radius 2 is 1.82 bits per heavy atom. The lowest BCUT2D eigenvalue weighted by Crippen LogP contribution is -2.27. The molecule has 0 atom stereocenters. The molecule has 0 aliphatic heterocycles. The van der Waals surface area contributed by atoms with E-state index in [-0.39, 0.29) is 17.9 Å². The number of rotatable bonds is 5. The van der Waals surface area contributed by atoms with E-state index in [0.717, 1.165) is 51.7 Å². The van der Waals surface area contributed by atoms with Crippen LogP contribution in [-0.4, -0.2) is 47.5 Å². The minimum atomic E-state index is -4.52. The van der Waals surface area contributed by atoms with Crippen molar-refractivity contribution in [3.63, 3.8) is 0 Å². The van der Waals surface area contributed by atoms with Gasteiger partial charge in [0.1, 0.15) is 11.5 Å². The zero-order valence-corrected chi connectivity index (χ0v) is 19.0. The lowest BCUT2D eigenvalue weighted by Gasteiger charge is -2.29. The molecule has 4 aromatic rings. The third-order valence-electron chi connectivity index (χ3n) is 6.28. The number of fused-ring (bicyclic) bond motifs is 1. The van der Waals surface area contributed by atoms with Crippen LogP contribution < -0.4 is 10.1 Å². The molecular formula is C22H25F3N8O. The molecule has 9 nitrogen and oxygen atoms in total. The van der Waals surface area contributed by atoms with Crippen molar-refractivity contribution in [3.8, 4) is 17.0 Å². The maximum Gasteiger partial charge on any atom is 0.436 e. The van der Waals surface area contributed by atoms with Crippen LogP contribution in [-0.2, 0) is 20.3 Å². The number of hydrogen-bond acceptors (Lipinski definition) is 6. The number of alkyl halides is 3. The Morgan fingerprint density at radius 1 is 1.06 bits per heavy atom. The average Bonchev–Trinajstić information content (AvgIpc) is 3.50. The Labute approximate surface area is 193 Å². The predicted octanol–water partition coefficient (Wildman–Crippen LogP) is 4.19. The average molecular weight is 474 g/mol. The number of nitrogens with one attached hydrogen (secondary N) is 1. The van der Waals surface area contributed by atoms with Gasteiger partial charge < -0.3 is 10.1 Å². The number of aryl methyl sites for hydroxylation is 2. The SMILES string of the molecule is CNc1cc2c(cn1)c(-c1cnn(C)c1)nn2[C@H]1CC[C@@H](Oc2cnn(C)c2C(F)(F)F)CC1. The summed E-state index contributed by atoms with van der Waals surface area (Å²) in [5.74, 6) is 0.520. The van der Waals surface area contributed by atoms with E-state index in [1.807, 2.05) is 37.2 Å². The van der Waals surface area contributed by atoms with Crippen LogP contribution in [0.25, 0.3) is 22.2 Å². The summed E-state index contributed by atoms with van der Waals surface area (Å²) in [6.45, 7) is 0. The van der Waals surface area contributed by atoms with Gasteiger partial charge in [0.15, 0.2) is 11.4 Å². The Balaban J connectivity index is 1.39. The second-order valence-corrected chi connectivity index (χ2v) is 8.56. The maximum absolute atomic E-state index is 13.4. The number of ether oxygens (including phenoxy) is 1. The van der Waals surface area contributed by atoms with E-state index in [1.165, 1.54) is 7.05 Å². The minimum absolute atomic E-state index is 0.0934. The van der Waals surface area contributed by atoms with Crippen molar-refractivity contribution in [3.05, 3.63) is 36.5 Å². The number of hydrogen-bond donors (Lipinski definition) is 1. The molecule has 0 unspecified atom stereocenters. The smallest absolute Gasteiger partial charge is 0.436 e. The molecule has 4 heterocycles. The van der Waals surface area contributed by atoms with Crippen LogP contribution in [0.5, 0.6) is 5.75 Å². The highest BCUT2D eigenvalue weighted by Crippen LogP contribution is 2.39. The van der Waals surface area contributed by atoms with Gasteiger partial charge in [0.2, 0.25) is 0 Å². The fourth-order valence-electron chi connectivity index (χ4n) is 4.62. The highest BCUT2D eigenvalue weighted by molar-refractivity contribution is 5.93. The standard InChI is InChI=1S/C22H25F3N8O/c1-26-19-8-17-16(10-27-19)20(13-9-28-31(2)12-13)30-33(17)14-4-6-15(7-5-14)34-18-11-29-32(3)21(18)22(23,24)25/h8-12,14-15H,4-7H2,1-3H3,(H,26,27)/t14-,15+. The third kappa shape index (κ3) is 3.97. The zero-order chi connectivity index (χ0) is 24.0. The first-order valence-corrected chi connectivity index (χ1v) is 11.1. The Hall–Kier alpha value is -3.57. The molecule has 0 radical (unpaired) electrons. The number of halogens is 3. The van der Waals surface area contributed by atoms with E-state index < -0.39 is 11.9 Å². The summed E-state index contributed by atoms with van der Waals surface area (Å²) >= 11 is 0. The zero-order valence-electron chi connectivity index (χ0n) is 19.0. The van der Waals surface area contributed by atoms with Gasteiger partial charge in [0, 0.05) is 50.6 Å². The molecule has 0 saturated heterocycles. The van der Waals surface area contributed by atoms with E-state index in [0.29, 0.717) is 12.8 Å². The molecule has 4 aromatic heterocycles. The summed E-state index contributed by atoms with van der Waals surface area (Å²) in [5, 5.41) is 16.9. The number of aromatic nitrogens is 7. The van der Waals surface area contributed by atoms with Crippen molar-refractivity contribution in [2.45, 2.75) is 44.0 Å². The van der Waals surface area contributed by atoms with Crippen molar-refractivity contribution in [1.29, 1.82) is 0 Å². The molecule has 180 valence electrons. The molecule has 5 rings (SSSR count). The second-order valence-electron chi connectivity index (χ2n) is 8.56. The summed E-state index contributed by atoms with van der Waals surface area (Å²) in [6.07, 6.45) is 4.49. The lowest BCUT2D eigenvalue weighted by atomic mass is 9.93. The molecule has 0 amide bonds. The Bertz CT molecular complexity index is 1310. The van der Waals surface area contributed by atoms with Gasteiger partial charge in [0.05, 0.1) is 30.1 Å².